The van der Waals surface area contributed by atoms with E-state index in [0.29, 0.717) is 12.3 Å². The second-order valence-electron chi connectivity index (χ2n) is 6.45. The van der Waals surface area contributed by atoms with Gasteiger partial charge in [-0.05, 0) is 30.7 Å². The zero-order valence-electron chi connectivity index (χ0n) is 14.7. The Hall–Kier alpha value is -2.47. The highest BCUT2D eigenvalue weighted by atomic mass is 16.3. The molecule has 1 radical (unpaired) electrons. The summed E-state index contributed by atoms with van der Waals surface area (Å²) in [5.41, 5.74) is 0.198. The normalized spacial score (nSPS) is 13.5. The molecule has 1 heterocycles. The number of rotatable bonds is 7. The third kappa shape index (κ3) is 5.26. The fourth-order valence-electron chi connectivity index (χ4n) is 2.31. The third-order valence-corrected chi connectivity index (χ3v) is 3.75. The maximum absolute atomic E-state index is 12.4. The molecule has 0 aliphatic carbocycles. The summed E-state index contributed by atoms with van der Waals surface area (Å²) in [5, 5.41) is 16.8. The van der Waals surface area contributed by atoms with E-state index in [1.165, 1.54) is 6.92 Å². The van der Waals surface area contributed by atoms with Crippen molar-refractivity contribution in [2.75, 3.05) is 0 Å². The maximum atomic E-state index is 12.4. The van der Waals surface area contributed by atoms with Crippen LogP contribution in [0.1, 0.15) is 37.7 Å². The molecule has 3 N–H and O–H groups in total. The van der Waals surface area contributed by atoms with Gasteiger partial charge >= 0.3 is 0 Å². The number of hydrogen-bond acceptors (Lipinski definition) is 4. The van der Waals surface area contributed by atoms with Gasteiger partial charge in [0.05, 0.1) is 6.10 Å². The van der Waals surface area contributed by atoms with Crippen molar-refractivity contribution in [2.24, 2.45) is 5.92 Å². The minimum Gasteiger partial charge on any atom is -0.391 e. The minimum absolute atomic E-state index is 0.198. The SMILES string of the molecule is CC(C)C[CH]NC(=O)[C@@H](NC(=O)c1cc2ccccc2cn1)[C@@H](C)O. The zero-order chi connectivity index (χ0) is 18.4. The average molecular weight is 342 g/mol. The summed E-state index contributed by atoms with van der Waals surface area (Å²) in [4.78, 5) is 28.8. The van der Waals surface area contributed by atoms with E-state index < -0.39 is 24.0 Å². The molecule has 2 aromatic rings. The Kier molecular flexibility index (Phi) is 6.47. The molecule has 0 saturated heterocycles. The molecule has 2 rings (SSSR count). The Labute approximate surface area is 147 Å². The number of carbonyl (C=O) groups is 2. The van der Waals surface area contributed by atoms with Gasteiger partial charge in [-0.1, -0.05) is 38.1 Å². The van der Waals surface area contributed by atoms with E-state index in [1.54, 1.807) is 18.8 Å². The maximum Gasteiger partial charge on any atom is 0.270 e. The van der Waals surface area contributed by atoms with Crippen LogP contribution in [0, 0.1) is 12.5 Å². The second kappa shape index (κ2) is 8.58. The Bertz CT molecular complexity index is 744. The molecule has 2 atom stereocenters. The number of pyridine rings is 1. The summed E-state index contributed by atoms with van der Waals surface area (Å²) in [6.07, 6.45) is 1.29. The summed E-state index contributed by atoms with van der Waals surface area (Å²) in [7, 11) is 0. The van der Waals surface area contributed by atoms with E-state index in [9.17, 15) is 14.7 Å². The average Bonchev–Trinajstić information content (AvgIpc) is 2.58. The Morgan fingerprint density at radius 3 is 2.52 bits per heavy atom. The largest absolute Gasteiger partial charge is 0.391 e. The van der Waals surface area contributed by atoms with Gasteiger partial charge in [0.2, 0.25) is 5.91 Å². The predicted octanol–water partition coefficient (Wildman–Crippen LogP) is 2.04. The number of amides is 2. The van der Waals surface area contributed by atoms with Gasteiger partial charge in [0.15, 0.2) is 0 Å². The van der Waals surface area contributed by atoms with Crippen LogP contribution in [0.4, 0.5) is 0 Å². The van der Waals surface area contributed by atoms with E-state index in [1.807, 2.05) is 38.1 Å². The molecular formula is C19H24N3O3. The van der Waals surface area contributed by atoms with E-state index in [0.717, 1.165) is 10.8 Å². The van der Waals surface area contributed by atoms with Gasteiger partial charge < -0.3 is 15.7 Å². The zero-order valence-corrected chi connectivity index (χ0v) is 14.7. The van der Waals surface area contributed by atoms with Gasteiger partial charge in [-0.15, -0.1) is 0 Å². The van der Waals surface area contributed by atoms with Crippen LogP contribution in [-0.4, -0.2) is 34.1 Å². The monoisotopic (exact) mass is 342 g/mol. The molecule has 2 amide bonds. The Balaban J connectivity index is 2.06. The lowest BCUT2D eigenvalue weighted by Crippen LogP contribution is -2.52. The highest BCUT2D eigenvalue weighted by Crippen LogP contribution is 2.13. The van der Waals surface area contributed by atoms with E-state index in [4.69, 9.17) is 0 Å². The van der Waals surface area contributed by atoms with Crippen molar-refractivity contribution in [1.82, 2.24) is 15.6 Å². The number of nitrogens with zero attached hydrogens (tertiary/aromatic N) is 1. The van der Waals surface area contributed by atoms with Gasteiger partial charge in [-0.25, -0.2) is 0 Å². The summed E-state index contributed by atoms with van der Waals surface area (Å²) in [5.74, 6) is -0.554. The molecule has 0 aliphatic heterocycles. The van der Waals surface area contributed by atoms with Gasteiger partial charge in [0.1, 0.15) is 11.7 Å². The molecule has 25 heavy (non-hydrogen) atoms. The Morgan fingerprint density at radius 2 is 1.88 bits per heavy atom. The molecule has 0 unspecified atom stereocenters. The summed E-state index contributed by atoms with van der Waals surface area (Å²) in [6, 6.07) is 8.16. The topological polar surface area (TPSA) is 91.3 Å². The first-order chi connectivity index (χ1) is 11.9. The van der Waals surface area contributed by atoms with Crippen LogP contribution in [0.2, 0.25) is 0 Å². The van der Waals surface area contributed by atoms with Crippen LogP contribution in [-0.2, 0) is 4.79 Å². The summed E-state index contributed by atoms with van der Waals surface area (Å²) < 4.78 is 0. The third-order valence-electron chi connectivity index (χ3n) is 3.75. The van der Waals surface area contributed by atoms with Crippen molar-refractivity contribution in [3.63, 3.8) is 0 Å². The fraction of sp³-hybridized carbons (Fsp3) is 0.368. The lowest BCUT2D eigenvalue weighted by Gasteiger charge is -2.21. The predicted molar refractivity (Wildman–Crippen MR) is 96.6 cm³/mol. The number of fused-ring (bicyclic) bond motifs is 1. The van der Waals surface area contributed by atoms with E-state index in [2.05, 4.69) is 15.6 Å². The molecule has 1 aromatic carbocycles. The first-order valence-corrected chi connectivity index (χ1v) is 8.34. The van der Waals surface area contributed by atoms with Crippen LogP contribution in [0.3, 0.4) is 0 Å². The van der Waals surface area contributed by atoms with Gasteiger partial charge in [-0.2, -0.15) is 0 Å². The van der Waals surface area contributed by atoms with E-state index >= 15 is 0 Å². The van der Waals surface area contributed by atoms with Crippen molar-refractivity contribution in [2.45, 2.75) is 39.3 Å². The summed E-state index contributed by atoms with van der Waals surface area (Å²) in [6.45, 7) is 7.16. The Morgan fingerprint density at radius 1 is 1.20 bits per heavy atom. The van der Waals surface area contributed by atoms with E-state index in [-0.39, 0.29) is 5.69 Å². The van der Waals surface area contributed by atoms with Crippen LogP contribution < -0.4 is 10.6 Å². The lowest BCUT2D eigenvalue weighted by atomic mass is 10.1. The first-order valence-electron chi connectivity index (χ1n) is 8.34. The van der Waals surface area contributed by atoms with Crippen LogP contribution in [0.5, 0.6) is 0 Å². The highest BCUT2D eigenvalue weighted by Gasteiger charge is 2.26. The van der Waals surface area contributed by atoms with Crippen molar-refractivity contribution < 1.29 is 14.7 Å². The molecule has 0 fully saturated rings. The highest BCUT2D eigenvalue weighted by molar-refractivity contribution is 5.99. The molecule has 133 valence electrons. The van der Waals surface area contributed by atoms with Crippen LogP contribution in [0.25, 0.3) is 10.8 Å². The number of aliphatic hydroxyl groups is 1. The second-order valence-corrected chi connectivity index (χ2v) is 6.45. The minimum atomic E-state index is -1.05. The number of aromatic nitrogens is 1. The molecule has 6 heteroatoms. The first kappa shape index (κ1) is 18.9. The van der Waals surface area contributed by atoms with Gasteiger partial charge in [-0.3, -0.25) is 14.6 Å². The number of hydrogen-bond donors (Lipinski definition) is 3. The van der Waals surface area contributed by atoms with Crippen LogP contribution >= 0.6 is 0 Å². The number of benzene rings is 1. The smallest absolute Gasteiger partial charge is 0.270 e. The van der Waals surface area contributed by atoms with Crippen LogP contribution in [0.15, 0.2) is 36.5 Å². The molecular weight excluding hydrogens is 318 g/mol. The molecule has 0 bridgehead atoms. The number of carbonyl (C=O) groups excluding carboxylic acids is 2. The van der Waals surface area contributed by atoms with Crippen molar-refractivity contribution >= 4 is 22.6 Å². The fourth-order valence-corrected chi connectivity index (χ4v) is 2.31. The van der Waals surface area contributed by atoms with Crippen molar-refractivity contribution in [3.05, 3.63) is 48.8 Å². The number of nitrogens with one attached hydrogen (secondary N) is 2. The quantitative estimate of drug-likeness (QED) is 0.718. The number of aliphatic hydroxyl groups excluding tert-OH is 1. The standard InChI is InChI=1S/C19H24N3O3/c1-12(2)8-9-20-19(25)17(13(3)23)22-18(24)16-10-14-6-4-5-7-15(14)11-21-16/h4-7,9-13,17,23H,8H2,1-3H3,(H,20,25)(H,22,24)/t13-,17+/m1/s1. The summed E-state index contributed by atoms with van der Waals surface area (Å²) >= 11 is 0. The van der Waals surface area contributed by atoms with Crippen molar-refractivity contribution in [1.29, 1.82) is 0 Å². The van der Waals surface area contributed by atoms with Gasteiger partial charge in [0.25, 0.3) is 5.91 Å². The van der Waals surface area contributed by atoms with Crippen molar-refractivity contribution in [3.8, 4) is 0 Å². The molecule has 0 spiro atoms. The molecule has 6 nitrogen and oxygen atoms in total. The molecule has 1 aromatic heterocycles. The molecule has 0 aliphatic rings. The van der Waals surface area contributed by atoms with Gasteiger partial charge in [0, 0.05) is 18.1 Å². The molecule has 0 saturated carbocycles. The lowest BCUT2D eigenvalue weighted by molar-refractivity contribution is -0.124.